The summed E-state index contributed by atoms with van der Waals surface area (Å²) in [6.45, 7) is 6.43. The lowest BCUT2D eigenvalue weighted by Crippen LogP contribution is -2.37. The van der Waals surface area contributed by atoms with Crippen LogP contribution < -0.4 is 14.8 Å². The molecule has 1 unspecified atom stereocenters. The first-order valence-corrected chi connectivity index (χ1v) is 10.6. The molecular weight excluding hydrogens is 423 g/mol. The monoisotopic (exact) mass is 450 g/mol. The summed E-state index contributed by atoms with van der Waals surface area (Å²) < 4.78 is 26.0. The first-order chi connectivity index (χ1) is 13.6. The highest BCUT2D eigenvalue weighted by Crippen LogP contribution is 2.37. The Morgan fingerprint density at radius 2 is 2.11 bits per heavy atom. The zero-order valence-corrected chi connectivity index (χ0v) is 18.1. The summed E-state index contributed by atoms with van der Waals surface area (Å²) in [6, 6.07) is 11.2. The number of benzene rings is 2. The zero-order valence-electron chi connectivity index (χ0n) is 16.5. The number of nitrogens with zero attached hydrogens (tertiary/aromatic N) is 1. The molecule has 1 fully saturated rings. The number of hydrogen-bond acceptors (Lipinski definition) is 4. The molecule has 6 heteroatoms. The van der Waals surface area contributed by atoms with E-state index in [1.165, 1.54) is 25.5 Å². The van der Waals surface area contributed by atoms with Gasteiger partial charge in [-0.15, -0.1) is 0 Å². The first kappa shape index (κ1) is 21.1. The number of likely N-dealkylation sites (N-methyl/N-ethyl adjacent to an activating group) is 1. The van der Waals surface area contributed by atoms with Crippen molar-refractivity contribution in [1.82, 2.24) is 10.2 Å². The Morgan fingerprint density at radius 3 is 2.86 bits per heavy atom. The van der Waals surface area contributed by atoms with Crippen LogP contribution in [-0.2, 0) is 13.2 Å². The highest BCUT2D eigenvalue weighted by molar-refractivity contribution is 9.10. The van der Waals surface area contributed by atoms with Crippen molar-refractivity contribution in [2.24, 2.45) is 0 Å². The zero-order chi connectivity index (χ0) is 19.9. The third-order valence-electron chi connectivity index (χ3n) is 5.23. The molecule has 2 aromatic rings. The van der Waals surface area contributed by atoms with E-state index in [1.807, 2.05) is 12.1 Å². The molecule has 0 bridgehead atoms. The lowest BCUT2D eigenvalue weighted by atomic mass is 10.1. The van der Waals surface area contributed by atoms with Crippen LogP contribution in [0.15, 0.2) is 40.9 Å². The van der Waals surface area contributed by atoms with Gasteiger partial charge in [-0.3, -0.25) is 4.90 Å². The van der Waals surface area contributed by atoms with Gasteiger partial charge in [0.05, 0.1) is 11.6 Å². The van der Waals surface area contributed by atoms with Crippen LogP contribution in [0, 0.1) is 5.82 Å². The summed E-state index contributed by atoms with van der Waals surface area (Å²) in [4.78, 5) is 2.53. The SMILES string of the molecule is CCN1CCCC1CNCc1cc(Br)c(OCc2ccccc2F)c(OC)c1. The van der Waals surface area contributed by atoms with Gasteiger partial charge in [-0.25, -0.2) is 4.39 Å². The Bertz CT molecular complexity index is 787. The average Bonchev–Trinajstić information content (AvgIpc) is 3.15. The quantitative estimate of drug-likeness (QED) is 0.597. The summed E-state index contributed by atoms with van der Waals surface area (Å²) in [5.41, 5.74) is 1.63. The van der Waals surface area contributed by atoms with E-state index in [0.717, 1.165) is 29.7 Å². The third-order valence-corrected chi connectivity index (χ3v) is 5.82. The van der Waals surface area contributed by atoms with Gasteiger partial charge in [0.15, 0.2) is 11.5 Å². The molecule has 0 spiro atoms. The Balaban J connectivity index is 1.61. The molecule has 0 amide bonds. The minimum atomic E-state index is -0.272. The molecule has 1 atom stereocenters. The molecule has 1 saturated heterocycles. The van der Waals surface area contributed by atoms with E-state index < -0.39 is 0 Å². The predicted molar refractivity (Wildman–Crippen MR) is 113 cm³/mol. The second kappa shape index (κ2) is 10.2. The van der Waals surface area contributed by atoms with Gasteiger partial charge in [0.25, 0.3) is 0 Å². The lowest BCUT2D eigenvalue weighted by molar-refractivity contribution is 0.259. The van der Waals surface area contributed by atoms with Crippen LogP contribution in [0.25, 0.3) is 0 Å². The molecule has 1 aliphatic heterocycles. The molecule has 1 heterocycles. The van der Waals surface area contributed by atoms with Gasteiger partial charge in [-0.2, -0.15) is 0 Å². The van der Waals surface area contributed by atoms with Crippen molar-refractivity contribution in [1.29, 1.82) is 0 Å². The predicted octanol–water partition coefficient (Wildman–Crippen LogP) is 4.75. The van der Waals surface area contributed by atoms with Crippen LogP contribution in [-0.4, -0.2) is 37.7 Å². The number of hydrogen-bond donors (Lipinski definition) is 1. The van der Waals surface area contributed by atoms with Crippen LogP contribution in [0.1, 0.15) is 30.9 Å². The van der Waals surface area contributed by atoms with Crippen molar-refractivity contribution >= 4 is 15.9 Å². The molecule has 0 saturated carbocycles. The number of ether oxygens (including phenoxy) is 2. The molecule has 152 valence electrons. The number of methoxy groups -OCH3 is 1. The van der Waals surface area contributed by atoms with Crippen molar-refractivity contribution in [2.45, 2.75) is 39.0 Å². The van der Waals surface area contributed by atoms with Crippen LogP contribution in [0.3, 0.4) is 0 Å². The number of rotatable bonds is 9. The smallest absolute Gasteiger partial charge is 0.175 e. The Kier molecular flexibility index (Phi) is 7.71. The minimum Gasteiger partial charge on any atom is -0.493 e. The lowest BCUT2D eigenvalue weighted by Gasteiger charge is -2.23. The van der Waals surface area contributed by atoms with Gasteiger partial charge in [0.2, 0.25) is 0 Å². The van der Waals surface area contributed by atoms with E-state index in [2.05, 4.69) is 33.1 Å². The van der Waals surface area contributed by atoms with Crippen molar-refractivity contribution in [3.05, 3.63) is 57.8 Å². The Labute approximate surface area is 175 Å². The summed E-state index contributed by atoms with van der Waals surface area (Å²) in [6.07, 6.45) is 2.55. The topological polar surface area (TPSA) is 33.7 Å². The number of likely N-dealkylation sites (tertiary alicyclic amines) is 1. The summed E-state index contributed by atoms with van der Waals surface area (Å²) >= 11 is 3.58. The second-order valence-corrected chi connectivity index (χ2v) is 7.90. The molecule has 0 aromatic heterocycles. The fourth-order valence-corrected chi connectivity index (χ4v) is 4.31. The maximum absolute atomic E-state index is 13.8. The van der Waals surface area contributed by atoms with Crippen molar-refractivity contribution in [2.75, 3.05) is 26.7 Å². The van der Waals surface area contributed by atoms with E-state index in [9.17, 15) is 4.39 Å². The highest BCUT2D eigenvalue weighted by atomic mass is 79.9. The first-order valence-electron chi connectivity index (χ1n) is 9.79. The molecule has 3 rings (SSSR count). The van der Waals surface area contributed by atoms with Gasteiger partial charge in [-0.05, 0) is 65.6 Å². The third kappa shape index (κ3) is 5.25. The van der Waals surface area contributed by atoms with E-state index in [-0.39, 0.29) is 12.4 Å². The normalized spacial score (nSPS) is 17.1. The standard InChI is InChI=1S/C22H28BrFN2O2/c1-3-26-10-6-8-18(26)14-25-13-16-11-19(23)22(21(12-16)27-2)28-15-17-7-4-5-9-20(17)24/h4-5,7,9,11-12,18,25H,3,6,8,10,13-15H2,1-2H3. The van der Waals surface area contributed by atoms with Crippen molar-refractivity contribution in [3.63, 3.8) is 0 Å². The summed E-state index contributed by atoms with van der Waals surface area (Å²) in [5.74, 6) is 0.951. The van der Waals surface area contributed by atoms with E-state index >= 15 is 0 Å². The summed E-state index contributed by atoms with van der Waals surface area (Å²) in [7, 11) is 1.62. The van der Waals surface area contributed by atoms with Crippen LogP contribution in [0.2, 0.25) is 0 Å². The maximum Gasteiger partial charge on any atom is 0.175 e. The maximum atomic E-state index is 13.8. The van der Waals surface area contributed by atoms with E-state index in [0.29, 0.717) is 23.1 Å². The average molecular weight is 451 g/mol. The van der Waals surface area contributed by atoms with Gasteiger partial charge >= 0.3 is 0 Å². The molecule has 1 N–H and O–H groups in total. The molecule has 0 radical (unpaired) electrons. The van der Waals surface area contributed by atoms with Crippen LogP contribution >= 0.6 is 15.9 Å². The van der Waals surface area contributed by atoms with E-state index in [4.69, 9.17) is 9.47 Å². The Hall–Kier alpha value is -1.63. The second-order valence-electron chi connectivity index (χ2n) is 7.04. The van der Waals surface area contributed by atoms with Crippen LogP contribution in [0.5, 0.6) is 11.5 Å². The number of nitrogens with one attached hydrogen (secondary N) is 1. The molecule has 0 aliphatic carbocycles. The van der Waals surface area contributed by atoms with Crippen molar-refractivity contribution < 1.29 is 13.9 Å². The van der Waals surface area contributed by atoms with Gasteiger partial charge < -0.3 is 14.8 Å². The highest BCUT2D eigenvalue weighted by Gasteiger charge is 2.22. The molecular formula is C22H28BrFN2O2. The fourth-order valence-electron chi connectivity index (χ4n) is 3.71. The fraction of sp³-hybridized carbons (Fsp3) is 0.455. The molecule has 2 aromatic carbocycles. The van der Waals surface area contributed by atoms with Gasteiger partial charge in [-0.1, -0.05) is 25.1 Å². The molecule has 1 aliphatic rings. The minimum absolute atomic E-state index is 0.147. The van der Waals surface area contributed by atoms with Gasteiger partial charge in [0.1, 0.15) is 12.4 Å². The van der Waals surface area contributed by atoms with Gasteiger partial charge in [0, 0.05) is 24.7 Å². The summed E-state index contributed by atoms with van der Waals surface area (Å²) in [5, 5.41) is 3.56. The Morgan fingerprint density at radius 1 is 1.29 bits per heavy atom. The van der Waals surface area contributed by atoms with Crippen molar-refractivity contribution in [3.8, 4) is 11.5 Å². The molecule has 28 heavy (non-hydrogen) atoms. The largest absolute Gasteiger partial charge is 0.493 e. The van der Waals surface area contributed by atoms with Crippen LogP contribution in [0.4, 0.5) is 4.39 Å². The molecule has 4 nitrogen and oxygen atoms in total. The van der Waals surface area contributed by atoms with E-state index in [1.54, 1.807) is 25.3 Å². The number of halogens is 2.